The van der Waals surface area contributed by atoms with Crippen LogP contribution in [0.3, 0.4) is 0 Å². The highest BCUT2D eigenvalue weighted by Gasteiger charge is 1.89. The molecule has 1 rings (SSSR count). The molecule has 0 aliphatic heterocycles. The molecule has 84 valence electrons. The van der Waals surface area contributed by atoms with Crippen molar-refractivity contribution in [3.63, 3.8) is 0 Å². The minimum atomic E-state index is 0.318. The van der Waals surface area contributed by atoms with E-state index in [1.54, 1.807) is 6.92 Å². The van der Waals surface area contributed by atoms with Gasteiger partial charge in [-0.1, -0.05) is 55.7 Å². The number of rotatable bonds is 4. The van der Waals surface area contributed by atoms with Gasteiger partial charge in [-0.25, -0.2) is 0 Å². The largest absolute Gasteiger partial charge is 0.300 e. The second-order valence-electron chi connectivity index (χ2n) is 3.81. The molecular weight excluding hydrogens is 184 g/mol. The van der Waals surface area contributed by atoms with Gasteiger partial charge in [-0.3, -0.25) is 0 Å². The van der Waals surface area contributed by atoms with E-state index in [0.717, 1.165) is 12.8 Å². The van der Waals surface area contributed by atoms with Crippen LogP contribution in [0.5, 0.6) is 0 Å². The summed E-state index contributed by atoms with van der Waals surface area (Å²) in [5, 5.41) is 0. The van der Waals surface area contributed by atoms with Gasteiger partial charge >= 0.3 is 0 Å². The predicted molar refractivity (Wildman–Crippen MR) is 66.0 cm³/mol. The summed E-state index contributed by atoms with van der Waals surface area (Å²) in [6.45, 7) is 5.87. The van der Waals surface area contributed by atoms with E-state index in [4.69, 9.17) is 0 Å². The first-order valence-electron chi connectivity index (χ1n) is 5.68. The van der Waals surface area contributed by atoms with Crippen LogP contribution in [-0.4, -0.2) is 5.78 Å². The normalized spacial score (nSPS) is 9.00. The zero-order valence-corrected chi connectivity index (χ0v) is 10.1. The second kappa shape index (κ2) is 9.45. The van der Waals surface area contributed by atoms with Crippen LogP contribution in [0.2, 0.25) is 0 Å². The fourth-order valence-electron chi connectivity index (χ4n) is 1.16. The van der Waals surface area contributed by atoms with Gasteiger partial charge in [-0.05, 0) is 20.3 Å². The molecule has 15 heavy (non-hydrogen) atoms. The highest BCUT2D eigenvalue weighted by atomic mass is 16.1. The molecule has 0 unspecified atom stereocenters. The van der Waals surface area contributed by atoms with Gasteiger partial charge in [0, 0.05) is 6.42 Å². The molecule has 0 saturated heterocycles. The van der Waals surface area contributed by atoms with Gasteiger partial charge in [0.25, 0.3) is 0 Å². The van der Waals surface area contributed by atoms with Gasteiger partial charge in [0.05, 0.1) is 0 Å². The number of hydrogen-bond donors (Lipinski definition) is 0. The number of benzene rings is 1. The first kappa shape index (κ1) is 13.9. The highest BCUT2D eigenvalue weighted by molar-refractivity contribution is 5.75. The fourth-order valence-corrected chi connectivity index (χ4v) is 1.16. The number of carbonyl (C=O) groups excluding carboxylic acids is 1. The third-order valence-corrected chi connectivity index (χ3v) is 2.07. The summed E-state index contributed by atoms with van der Waals surface area (Å²) in [4.78, 5) is 10.3. The maximum atomic E-state index is 10.3. The van der Waals surface area contributed by atoms with Crippen molar-refractivity contribution in [1.82, 2.24) is 0 Å². The monoisotopic (exact) mass is 206 g/mol. The molecule has 0 bridgehead atoms. The van der Waals surface area contributed by atoms with Crippen LogP contribution in [0.25, 0.3) is 0 Å². The lowest BCUT2D eigenvalue weighted by atomic mass is 10.2. The van der Waals surface area contributed by atoms with Crippen molar-refractivity contribution in [2.24, 2.45) is 0 Å². The van der Waals surface area contributed by atoms with Crippen LogP contribution in [0.15, 0.2) is 30.3 Å². The Morgan fingerprint density at radius 2 is 1.73 bits per heavy atom. The number of carbonyl (C=O) groups is 1. The predicted octanol–water partition coefficient (Wildman–Crippen LogP) is 4.15. The van der Waals surface area contributed by atoms with Crippen LogP contribution in [-0.2, 0) is 4.79 Å². The molecule has 0 aliphatic rings. The van der Waals surface area contributed by atoms with Gasteiger partial charge in [0.2, 0.25) is 0 Å². The average Bonchev–Trinajstić information content (AvgIpc) is 2.20. The van der Waals surface area contributed by atoms with Gasteiger partial charge in [-0.2, -0.15) is 0 Å². The molecule has 0 radical (unpaired) electrons. The zero-order chi connectivity index (χ0) is 11.5. The Morgan fingerprint density at radius 1 is 1.13 bits per heavy atom. The van der Waals surface area contributed by atoms with Crippen LogP contribution < -0.4 is 0 Å². The molecule has 1 heteroatoms. The van der Waals surface area contributed by atoms with E-state index in [1.165, 1.54) is 18.4 Å². The summed E-state index contributed by atoms with van der Waals surface area (Å²) in [6.07, 6.45) is 4.24. The maximum Gasteiger partial charge on any atom is 0.129 e. The van der Waals surface area contributed by atoms with Gasteiger partial charge < -0.3 is 4.79 Å². The number of ketones is 1. The lowest BCUT2D eigenvalue weighted by molar-refractivity contribution is -0.117. The molecule has 1 aromatic rings. The van der Waals surface area contributed by atoms with Crippen molar-refractivity contribution in [2.45, 2.75) is 46.5 Å². The molecule has 0 aromatic heterocycles. The Bertz CT molecular complexity index is 251. The Balaban J connectivity index is 0.000000262. The zero-order valence-electron chi connectivity index (χ0n) is 10.1. The van der Waals surface area contributed by atoms with Crippen LogP contribution in [0, 0.1) is 6.92 Å². The fraction of sp³-hybridized carbons (Fsp3) is 0.500. The maximum absolute atomic E-state index is 10.3. The summed E-state index contributed by atoms with van der Waals surface area (Å²) in [5.41, 5.74) is 1.32. The number of hydrogen-bond acceptors (Lipinski definition) is 1. The van der Waals surface area contributed by atoms with E-state index < -0.39 is 0 Å². The lowest BCUT2D eigenvalue weighted by Crippen LogP contribution is -1.87. The van der Waals surface area contributed by atoms with Crippen molar-refractivity contribution < 1.29 is 4.79 Å². The standard InChI is InChI=1S/C7H14O.C7H8/c1-3-4-5-6-7(2)8;1-7-5-3-2-4-6-7/h3-6H2,1-2H3;2-6H,1H3. The summed E-state index contributed by atoms with van der Waals surface area (Å²) in [6, 6.07) is 10.3. The van der Waals surface area contributed by atoms with Crippen molar-refractivity contribution in [1.29, 1.82) is 0 Å². The molecular formula is C14H22O. The van der Waals surface area contributed by atoms with E-state index in [-0.39, 0.29) is 0 Å². The van der Waals surface area contributed by atoms with Gasteiger partial charge in [0.15, 0.2) is 0 Å². The Labute approximate surface area is 93.5 Å². The first-order chi connectivity index (χ1) is 7.16. The summed E-state index contributed by atoms with van der Waals surface area (Å²) >= 11 is 0. The SMILES string of the molecule is CCCCCC(C)=O.Cc1ccccc1. The molecule has 0 aliphatic carbocycles. The van der Waals surface area contributed by atoms with Crippen LogP contribution in [0.1, 0.15) is 45.1 Å². The molecule has 0 heterocycles. The Morgan fingerprint density at radius 3 is 2.07 bits per heavy atom. The second-order valence-corrected chi connectivity index (χ2v) is 3.81. The van der Waals surface area contributed by atoms with Crippen molar-refractivity contribution in [3.8, 4) is 0 Å². The van der Waals surface area contributed by atoms with E-state index in [0.29, 0.717) is 5.78 Å². The third kappa shape index (κ3) is 10.8. The molecule has 0 saturated carbocycles. The topological polar surface area (TPSA) is 17.1 Å². The third-order valence-electron chi connectivity index (χ3n) is 2.07. The molecule has 1 aromatic carbocycles. The molecule has 1 nitrogen and oxygen atoms in total. The number of Topliss-reactive ketones (excluding diaryl/α,β-unsaturated/α-hetero) is 1. The number of aryl methyl sites for hydroxylation is 1. The first-order valence-corrected chi connectivity index (χ1v) is 5.68. The van der Waals surface area contributed by atoms with Crippen LogP contribution >= 0.6 is 0 Å². The molecule has 0 atom stereocenters. The van der Waals surface area contributed by atoms with E-state index in [9.17, 15) is 4.79 Å². The van der Waals surface area contributed by atoms with Gasteiger partial charge in [0.1, 0.15) is 5.78 Å². The number of unbranched alkanes of at least 4 members (excludes halogenated alkanes) is 2. The molecule has 0 fully saturated rings. The van der Waals surface area contributed by atoms with E-state index in [2.05, 4.69) is 26.0 Å². The average molecular weight is 206 g/mol. The van der Waals surface area contributed by atoms with Crippen molar-refractivity contribution in [3.05, 3.63) is 35.9 Å². The minimum Gasteiger partial charge on any atom is -0.300 e. The minimum absolute atomic E-state index is 0.318. The smallest absolute Gasteiger partial charge is 0.129 e. The van der Waals surface area contributed by atoms with Crippen molar-refractivity contribution >= 4 is 5.78 Å². The van der Waals surface area contributed by atoms with E-state index in [1.807, 2.05) is 18.2 Å². The van der Waals surface area contributed by atoms with Crippen molar-refractivity contribution in [2.75, 3.05) is 0 Å². The van der Waals surface area contributed by atoms with Crippen LogP contribution in [0.4, 0.5) is 0 Å². The van der Waals surface area contributed by atoms with Gasteiger partial charge in [-0.15, -0.1) is 0 Å². The van der Waals surface area contributed by atoms with E-state index >= 15 is 0 Å². The Hall–Kier alpha value is -1.11. The summed E-state index contributed by atoms with van der Waals surface area (Å²) in [5.74, 6) is 0.318. The Kier molecular flexibility index (Phi) is 8.75. The quantitative estimate of drug-likeness (QED) is 0.676. The lowest BCUT2D eigenvalue weighted by Gasteiger charge is -1.90. The molecule has 0 amide bonds. The molecule has 0 N–H and O–H groups in total. The highest BCUT2D eigenvalue weighted by Crippen LogP contribution is 1.98. The summed E-state index contributed by atoms with van der Waals surface area (Å²) in [7, 11) is 0. The molecule has 0 spiro atoms. The summed E-state index contributed by atoms with van der Waals surface area (Å²) < 4.78 is 0.